The number of benzene rings is 1. The van der Waals surface area contributed by atoms with Gasteiger partial charge in [-0.25, -0.2) is 0 Å². The van der Waals surface area contributed by atoms with Crippen molar-refractivity contribution in [3.63, 3.8) is 0 Å². The second-order valence-corrected chi connectivity index (χ2v) is 6.44. The van der Waals surface area contributed by atoms with E-state index in [9.17, 15) is 0 Å². The van der Waals surface area contributed by atoms with Crippen LogP contribution in [0.2, 0.25) is 0 Å². The molecule has 3 heteroatoms. The van der Waals surface area contributed by atoms with Crippen LogP contribution in [0.15, 0.2) is 30.4 Å². The normalized spacial score (nSPS) is 15.2. The Kier molecular flexibility index (Phi) is 17.7. The van der Waals surface area contributed by atoms with Gasteiger partial charge in [0.25, 0.3) is 0 Å². The summed E-state index contributed by atoms with van der Waals surface area (Å²) in [6, 6.07) is 9.82. The first-order valence-corrected chi connectivity index (χ1v) is 9.73. The maximum atomic E-state index is 6.61. The molecule has 1 unspecified atom stereocenters. The van der Waals surface area contributed by atoms with Crippen LogP contribution in [-0.4, -0.2) is 6.04 Å². The number of nitrogens with two attached hydrogens (primary N) is 1. The third-order valence-corrected chi connectivity index (χ3v) is 4.16. The van der Waals surface area contributed by atoms with Gasteiger partial charge in [-0.3, -0.25) is 0 Å². The Labute approximate surface area is 216 Å². The maximum Gasteiger partial charge on any atom is 1.00 e. The van der Waals surface area contributed by atoms with Crippen molar-refractivity contribution in [1.82, 2.24) is 0 Å². The van der Waals surface area contributed by atoms with Crippen molar-refractivity contribution in [2.45, 2.75) is 91.6 Å². The van der Waals surface area contributed by atoms with Crippen LogP contribution in [0, 0.1) is 6.07 Å². The van der Waals surface area contributed by atoms with Crippen LogP contribution >= 0.6 is 0 Å². The fraction of sp³-hybridized carbons (Fsp3) is 0.636. The second kappa shape index (κ2) is 15.8. The zero-order valence-corrected chi connectivity index (χ0v) is 24.1. The molecule has 25 heavy (non-hydrogen) atoms. The van der Waals surface area contributed by atoms with E-state index in [0.717, 1.165) is 32.1 Å². The molecule has 0 radical (unpaired) electrons. The summed E-state index contributed by atoms with van der Waals surface area (Å²) in [6.07, 6.45) is 6.46. The monoisotopic (exact) mass is 464 g/mol. The summed E-state index contributed by atoms with van der Waals surface area (Å²) < 4.78 is 0. The summed E-state index contributed by atoms with van der Waals surface area (Å²) in [5.41, 5.74) is 10.1. The largest absolute Gasteiger partial charge is 1.00 e. The van der Waals surface area contributed by atoms with Gasteiger partial charge >= 0.3 is 68.9 Å². The third-order valence-electron chi connectivity index (χ3n) is 4.16. The van der Waals surface area contributed by atoms with E-state index in [4.69, 9.17) is 5.73 Å². The van der Waals surface area contributed by atoms with Gasteiger partial charge in [0.2, 0.25) is 0 Å². The molecule has 0 amide bonds. The van der Waals surface area contributed by atoms with E-state index in [1.165, 1.54) is 23.2 Å². The number of hydrogen-bond donors (Lipinski definition) is 2. The first-order valence-electron chi connectivity index (χ1n) is 9.73. The summed E-state index contributed by atoms with van der Waals surface area (Å²) in [6.45, 7) is 16.6. The van der Waals surface area contributed by atoms with Gasteiger partial charge < -0.3 is 11.1 Å². The zero-order valence-electron chi connectivity index (χ0n) is 17.8. The molecule has 0 bridgehead atoms. The van der Waals surface area contributed by atoms with Crippen molar-refractivity contribution >= 4 is 5.69 Å². The zero-order chi connectivity index (χ0) is 18.6. The van der Waals surface area contributed by atoms with Crippen molar-refractivity contribution < 1.29 is 68.9 Å². The molecular weight excluding hydrogens is 425 g/mol. The molecule has 0 saturated heterocycles. The van der Waals surface area contributed by atoms with Crippen LogP contribution in [-0.2, 0) is 5.54 Å². The van der Waals surface area contributed by atoms with E-state index in [1.807, 2.05) is 19.9 Å². The van der Waals surface area contributed by atoms with Crippen molar-refractivity contribution in [3.05, 3.63) is 42.0 Å². The number of hydrogen-bond acceptors (Lipinski definition) is 2. The third kappa shape index (κ3) is 9.50. The van der Waals surface area contributed by atoms with E-state index < -0.39 is 0 Å². The summed E-state index contributed by atoms with van der Waals surface area (Å²) in [5, 5.41) is 3.61. The first kappa shape index (κ1) is 28.0. The molecule has 3 N–H and O–H groups in total. The Bertz CT molecular complexity index is 465. The molecule has 138 valence electrons. The minimum atomic E-state index is -0.240. The minimum Gasteiger partial charge on any atom is -0.403 e. The first-order chi connectivity index (χ1) is 11.5. The fourth-order valence-corrected chi connectivity index (χ4v) is 2.88. The van der Waals surface area contributed by atoms with E-state index in [0.29, 0.717) is 6.04 Å². The van der Waals surface area contributed by atoms with Gasteiger partial charge in [-0.05, 0) is 31.2 Å². The molecule has 0 aromatic heterocycles. The van der Waals surface area contributed by atoms with Crippen LogP contribution in [0.5, 0.6) is 0 Å². The van der Waals surface area contributed by atoms with Gasteiger partial charge in [-0.2, -0.15) is 18.2 Å². The predicted octanol–water partition coefficient (Wildman–Crippen LogP) is 3.43. The van der Waals surface area contributed by atoms with Crippen LogP contribution in [0.1, 0.15) is 85.6 Å². The van der Waals surface area contributed by atoms with E-state index in [2.05, 4.69) is 57.8 Å². The molecular formula is C22H39CsN2. The van der Waals surface area contributed by atoms with Gasteiger partial charge in [0, 0.05) is 6.04 Å². The van der Waals surface area contributed by atoms with Crippen LogP contribution in [0.3, 0.4) is 0 Å². The summed E-state index contributed by atoms with van der Waals surface area (Å²) >= 11 is 0. The van der Waals surface area contributed by atoms with Crippen LogP contribution < -0.4 is 79.9 Å². The van der Waals surface area contributed by atoms with Crippen molar-refractivity contribution in [3.8, 4) is 0 Å². The molecule has 1 aliphatic carbocycles. The summed E-state index contributed by atoms with van der Waals surface area (Å²) in [4.78, 5) is 0. The number of anilines is 1. The molecule has 1 atom stereocenters. The van der Waals surface area contributed by atoms with Crippen LogP contribution in [0.25, 0.3) is 0 Å². The minimum absolute atomic E-state index is 0. The molecule has 1 aromatic carbocycles. The summed E-state index contributed by atoms with van der Waals surface area (Å²) in [5.74, 6) is 0. The summed E-state index contributed by atoms with van der Waals surface area (Å²) in [7, 11) is 0. The molecule has 0 spiro atoms. The quantitative estimate of drug-likeness (QED) is 0.500. The van der Waals surface area contributed by atoms with Gasteiger partial charge in [-0.1, -0.05) is 72.2 Å². The van der Waals surface area contributed by atoms with E-state index in [-0.39, 0.29) is 74.4 Å². The van der Waals surface area contributed by atoms with Crippen LogP contribution in [0.4, 0.5) is 5.69 Å². The van der Waals surface area contributed by atoms with Crippen molar-refractivity contribution in [2.75, 3.05) is 5.32 Å². The molecule has 2 rings (SSSR count). The van der Waals surface area contributed by atoms with Crippen molar-refractivity contribution in [1.29, 1.82) is 0 Å². The number of nitrogens with one attached hydrogen (secondary N) is 1. The van der Waals surface area contributed by atoms with Gasteiger partial charge in [0.15, 0.2) is 0 Å². The molecule has 0 heterocycles. The van der Waals surface area contributed by atoms with Gasteiger partial charge in [-0.15, -0.1) is 11.6 Å². The molecule has 1 aromatic rings. The Morgan fingerprint density at radius 2 is 1.80 bits per heavy atom. The second-order valence-electron chi connectivity index (χ2n) is 6.44. The average Bonchev–Trinajstić information content (AvgIpc) is 2.56. The molecule has 2 nitrogen and oxygen atoms in total. The smallest absolute Gasteiger partial charge is 0.403 e. The molecule has 1 fully saturated rings. The molecule has 1 aliphatic rings. The molecule has 0 aliphatic heterocycles. The van der Waals surface area contributed by atoms with E-state index in [1.54, 1.807) is 0 Å². The Morgan fingerprint density at radius 3 is 2.24 bits per heavy atom. The van der Waals surface area contributed by atoms with E-state index >= 15 is 0 Å². The SMILES string of the molecule is C=C1CC(Nc2cc[c-]cc2C(N)(CC)CCC)C1.CC.CCC.[Cs+]. The number of rotatable bonds is 6. The van der Waals surface area contributed by atoms with Gasteiger partial charge in [0.05, 0.1) is 0 Å². The standard InChI is InChI=1S/C17H25N2.C3H8.C2H6.Cs/c1-4-10-17(18,5-2)15-8-6-7-9-16(15)19-14-11-13(3)12-14;1-3-2;1-2;/h7-9,14,19H,3-5,10-12,18H2,1-2H3;3H2,1-2H3;1-2H3;/q-1;;;+1. The Hall–Kier alpha value is 0.772. The average molecular weight is 464 g/mol. The molecule has 1 saturated carbocycles. The van der Waals surface area contributed by atoms with Crippen molar-refractivity contribution in [2.24, 2.45) is 5.73 Å². The topological polar surface area (TPSA) is 38.0 Å². The Morgan fingerprint density at radius 1 is 1.24 bits per heavy atom. The predicted molar refractivity (Wildman–Crippen MR) is 109 cm³/mol. The fourth-order valence-electron chi connectivity index (χ4n) is 2.88. The Balaban J connectivity index is 0. The maximum absolute atomic E-state index is 6.61. The van der Waals surface area contributed by atoms with Gasteiger partial charge in [0.1, 0.15) is 0 Å².